The normalized spacial score (nSPS) is 19.6. The first-order valence-electron chi connectivity index (χ1n) is 17.4. The van der Waals surface area contributed by atoms with Gasteiger partial charge in [0.15, 0.2) is 6.29 Å². The molecule has 0 aliphatic carbocycles. The van der Waals surface area contributed by atoms with Gasteiger partial charge in [-0.15, -0.1) is 0 Å². The molecule has 2 fully saturated rings. The number of nitrogens with zero attached hydrogens (tertiary/aromatic N) is 4. The van der Waals surface area contributed by atoms with E-state index in [1.807, 2.05) is 66.7 Å². The third-order valence-corrected chi connectivity index (χ3v) is 9.32. The van der Waals surface area contributed by atoms with Crippen molar-refractivity contribution in [3.05, 3.63) is 114 Å². The Labute approximate surface area is 292 Å². The Hall–Kier alpha value is -4.68. The van der Waals surface area contributed by atoms with Gasteiger partial charge in [-0.3, -0.25) is 14.5 Å². The minimum absolute atomic E-state index is 0.00336. The molecule has 2 saturated heterocycles. The summed E-state index contributed by atoms with van der Waals surface area (Å²) in [5.74, 6) is -0.166. The summed E-state index contributed by atoms with van der Waals surface area (Å²) in [5.41, 5.74) is 5.88. The van der Waals surface area contributed by atoms with E-state index in [-0.39, 0.29) is 31.1 Å². The number of piperazine rings is 1. The van der Waals surface area contributed by atoms with E-state index in [4.69, 9.17) is 14.6 Å². The van der Waals surface area contributed by atoms with Crippen LogP contribution in [0.25, 0.3) is 11.1 Å². The molecule has 0 bridgehead atoms. The number of aliphatic carboxylic acids is 1. The molecule has 0 spiro atoms. The van der Waals surface area contributed by atoms with Crippen LogP contribution in [0.3, 0.4) is 0 Å². The van der Waals surface area contributed by atoms with Crippen LogP contribution in [0.15, 0.2) is 91.3 Å². The Morgan fingerprint density at radius 2 is 1.52 bits per heavy atom. The molecule has 11 heteroatoms. The molecule has 262 valence electrons. The summed E-state index contributed by atoms with van der Waals surface area (Å²) in [5, 5.41) is 21.4. The summed E-state index contributed by atoms with van der Waals surface area (Å²) >= 11 is 0. The van der Waals surface area contributed by atoms with Crippen LogP contribution < -0.4 is 10.2 Å². The molecule has 11 nitrogen and oxygen atoms in total. The predicted octanol–water partition coefficient (Wildman–Crippen LogP) is 5.26. The van der Waals surface area contributed by atoms with Gasteiger partial charge in [0.1, 0.15) is 0 Å². The third-order valence-electron chi connectivity index (χ3n) is 9.32. The van der Waals surface area contributed by atoms with E-state index in [2.05, 4.69) is 37.2 Å². The molecule has 3 aromatic carbocycles. The lowest BCUT2D eigenvalue weighted by atomic mass is 9.97. The largest absolute Gasteiger partial charge is 0.481 e. The monoisotopic (exact) mass is 679 g/mol. The molecule has 3 unspecified atom stereocenters. The standard InChI is InChI=1S/C39H45N5O6/c45-27-28-10-12-30(13-11-28)35-24-33(26-43-20-22-44(23-21-43)39-40-18-5-19-41-39)49-38(50-35)31-16-14-29(15-17-31)34-7-2-1-6-32(34)25-42-36(46)8-3-4-9-37(47)48/h1-2,5-7,10-19,33,35,38,45H,3-4,8-9,20-27H2,(H,42,46)(H,47,48). The zero-order valence-electron chi connectivity index (χ0n) is 28.2. The van der Waals surface area contributed by atoms with Gasteiger partial charge < -0.3 is 29.9 Å². The maximum atomic E-state index is 12.4. The number of hydrogen-bond donors (Lipinski definition) is 3. The molecule has 1 aromatic heterocycles. The molecule has 0 saturated carbocycles. The number of aliphatic hydroxyl groups excluding tert-OH is 1. The van der Waals surface area contributed by atoms with Gasteiger partial charge >= 0.3 is 5.97 Å². The SMILES string of the molecule is O=C(O)CCCCC(=O)NCc1ccccc1-c1ccc(C2OC(CN3CCN(c4ncccn4)CC3)CC(c3ccc(CO)cc3)O2)cc1. The molecule has 6 rings (SSSR count). The summed E-state index contributed by atoms with van der Waals surface area (Å²) in [6.45, 7) is 4.64. The zero-order valence-corrected chi connectivity index (χ0v) is 28.2. The second kappa shape index (κ2) is 17.3. The number of anilines is 1. The summed E-state index contributed by atoms with van der Waals surface area (Å²) in [7, 11) is 0. The third kappa shape index (κ3) is 9.51. The number of benzene rings is 3. The number of aliphatic hydroxyl groups is 1. The first-order chi connectivity index (χ1) is 24.4. The molecule has 3 atom stereocenters. The predicted molar refractivity (Wildman–Crippen MR) is 189 cm³/mol. The van der Waals surface area contributed by atoms with Crippen molar-refractivity contribution >= 4 is 17.8 Å². The Balaban J connectivity index is 1.12. The van der Waals surface area contributed by atoms with Crippen molar-refractivity contribution in [3.8, 4) is 11.1 Å². The average molecular weight is 680 g/mol. The molecule has 3 N–H and O–H groups in total. The fourth-order valence-corrected chi connectivity index (χ4v) is 6.53. The summed E-state index contributed by atoms with van der Waals surface area (Å²) < 4.78 is 13.3. The Bertz CT molecular complexity index is 1680. The summed E-state index contributed by atoms with van der Waals surface area (Å²) in [6.07, 6.45) is 4.90. The van der Waals surface area contributed by atoms with Crippen molar-refractivity contribution < 1.29 is 29.3 Å². The van der Waals surface area contributed by atoms with Gasteiger partial charge in [-0.2, -0.15) is 0 Å². The van der Waals surface area contributed by atoms with Crippen LogP contribution in [0, 0.1) is 0 Å². The highest BCUT2D eigenvalue weighted by Crippen LogP contribution is 2.39. The van der Waals surface area contributed by atoms with E-state index in [1.165, 1.54) is 0 Å². The van der Waals surface area contributed by atoms with Crippen molar-refractivity contribution in [1.82, 2.24) is 20.2 Å². The Morgan fingerprint density at radius 1 is 0.820 bits per heavy atom. The van der Waals surface area contributed by atoms with Gasteiger partial charge in [-0.1, -0.05) is 72.8 Å². The van der Waals surface area contributed by atoms with Gasteiger partial charge in [0.2, 0.25) is 11.9 Å². The van der Waals surface area contributed by atoms with E-state index in [0.29, 0.717) is 32.2 Å². The quantitative estimate of drug-likeness (QED) is 0.151. The number of ether oxygens (including phenoxy) is 2. The van der Waals surface area contributed by atoms with Crippen LogP contribution in [0.1, 0.15) is 66.8 Å². The highest BCUT2D eigenvalue weighted by molar-refractivity contribution is 5.76. The van der Waals surface area contributed by atoms with Crippen molar-refractivity contribution in [2.24, 2.45) is 0 Å². The van der Waals surface area contributed by atoms with Crippen molar-refractivity contribution in [2.75, 3.05) is 37.6 Å². The Morgan fingerprint density at radius 3 is 2.24 bits per heavy atom. The van der Waals surface area contributed by atoms with E-state index >= 15 is 0 Å². The van der Waals surface area contributed by atoms with Crippen LogP contribution in [-0.2, 0) is 32.2 Å². The number of nitrogens with one attached hydrogen (secondary N) is 1. The van der Waals surface area contributed by atoms with Crippen LogP contribution in [0.2, 0.25) is 0 Å². The van der Waals surface area contributed by atoms with E-state index < -0.39 is 12.3 Å². The van der Waals surface area contributed by atoms with Gasteiger partial charge in [0.05, 0.1) is 18.8 Å². The second-order valence-electron chi connectivity index (χ2n) is 12.8. The van der Waals surface area contributed by atoms with Crippen LogP contribution in [-0.4, -0.2) is 75.8 Å². The number of carbonyl (C=O) groups excluding carboxylic acids is 1. The molecule has 0 radical (unpaired) electrons. The number of amides is 1. The maximum Gasteiger partial charge on any atom is 0.303 e. The first kappa shape index (κ1) is 35.2. The smallest absolute Gasteiger partial charge is 0.303 e. The molecule has 2 aliphatic heterocycles. The maximum absolute atomic E-state index is 12.4. The number of rotatable bonds is 14. The highest BCUT2D eigenvalue weighted by atomic mass is 16.7. The van der Waals surface area contributed by atoms with Crippen molar-refractivity contribution in [1.29, 1.82) is 0 Å². The lowest BCUT2D eigenvalue weighted by molar-refractivity contribution is -0.253. The molecular formula is C39H45N5O6. The van der Waals surface area contributed by atoms with E-state index in [1.54, 1.807) is 12.4 Å². The molecule has 4 aromatic rings. The molecular weight excluding hydrogens is 634 g/mol. The second-order valence-corrected chi connectivity index (χ2v) is 12.8. The fraction of sp³-hybridized carbons (Fsp3) is 0.385. The zero-order chi connectivity index (χ0) is 34.7. The van der Waals surface area contributed by atoms with E-state index in [0.717, 1.165) is 72.1 Å². The van der Waals surface area contributed by atoms with Crippen LogP contribution in [0.5, 0.6) is 0 Å². The highest BCUT2D eigenvalue weighted by Gasteiger charge is 2.34. The number of carbonyl (C=O) groups is 2. The van der Waals surface area contributed by atoms with E-state index in [9.17, 15) is 14.7 Å². The number of carboxylic acids is 1. The van der Waals surface area contributed by atoms with Gasteiger partial charge in [-0.05, 0) is 46.7 Å². The van der Waals surface area contributed by atoms with Gasteiger partial charge in [0, 0.05) is 76.5 Å². The number of hydrogen-bond acceptors (Lipinski definition) is 9. The number of aromatic nitrogens is 2. The Kier molecular flexibility index (Phi) is 12.2. The van der Waals surface area contributed by atoms with Crippen LogP contribution in [0.4, 0.5) is 5.95 Å². The first-order valence-corrected chi connectivity index (χ1v) is 17.4. The summed E-state index contributed by atoms with van der Waals surface area (Å²) in [6, 6.07) is 26.0. The summed E-state index contributed by atoms with van der Waals surface area (Å²) in [4.78, 5) is 36.6. The fourth-order valence-electron chi connectivity index (χ4n) is 6.53. The minimum atomic E-state index is -0.843. The lowest BCUT2D eigenvalue weighted by Gasteiger charge is -2.40. The topological polar surface area (TPSA) is 137 Å². The van der Waals surface area contributed by atoms with Crippen molar-refractivity contribution in [2.45, 2.75) is 63.8 Å². The average Bonchev–Trinajstić information content (AvgIpc) is 3.16. The molecule has 1 amide bonds. The van der Waals surface area contributed by atoms with Crippen molar-refractivity contribution in [3.63, 3.8) is 0 Å². The molecule has 50 heavy (non-hydrogen) atoms. The number of carboxylic acid groups (broad SMARTS) is 1. The molecule has 3 heterocycles. The number of unbranched alkanes of at least 4 members (excludes halogenated alkanes) is 1. The van der Waals surface area contributed by atoms with Gasteiger partial charge in [-0.25, -0.2) is 9.97 Å². The minimum Gasteiger partial charge on any atom is -0.481 e. The molecule has 2 aliphatic rings. The van der Waals surface area contributed by atoms with Gasteiger partial charge in [0.25, 0.3) is 0 Å². The lowest BCUT2D eigenvalue weighted by Crippen LogP contribution is -2.50. The van der Waals surface area contributed by atoms with Crippen LogP contribution >= 0.6 is 0 Å².